The van der Waals surface area contributed by atoms with E-state index in [4.69, 9.17) is 0 Å². The van der Waals surface area contributed by atoms with E-state index in [1.54, 1.807) is 0 Å². The molecule has 75 valence electrons. The van der Waals surface area contributed by atoms with Crippen molar-refractivity contribution < 1.29 is 8.76 Å². The van der Waals surface area contributed by atoms with E-state index in [2.05, 4.69) is 11.6 Å². The fraction of sp³-hybridized carbons (Fsp3) is 1.00. The van der Waals surface area contributed by atoms with Crippen molar-refractivity contribution in [3.8, 4) is 0 Å². The SMILES string of the molecule is CCCCCCCCNS(=O)[O-].[Na]. The van der Waals surface area contributed by atoms with Crippen LogP contribution in [0.1, 0.15) is 45.4 Å². The Bertz CT molecular complexity index is 125. The summed E-state index contributed by atoms with van der Waals surface area (Å²) in [6.45, 7) is 2.77. The van der Waals surface area contributed by atoms with Gasteiger partial charge in [-0.3, -0.25) is 4.21 Å². The van der Waals surface area contributed by atoms with Crippen LogP contribution in [0, 0.1) is 0 Å². The van der Waals surface area contributed by atoms with Crippen LogP contribution in [0.25, 0.3) is 0 Å². The molecule has 0 aromatic carbocycles. The van der Waals surface area contributed by atoms with Gasteiger partial charge in [-0.05, 0) is 6.42 Å². The Morgan fingerprint density at radius 3 is 2.23 bits per heavy atom. The van der Waals surface area contributed by atoms with Gasteiger partial charge in [0.15, 0.2) is 0 Å². The Labute approximate surface area is 106 Å². The molecule has 0 aromatic heterocycles. The van der Waals surface area contributed by atoms with Gasteiger partial charge >= 0.3 is 0 Å². The third kappa shape index (κ3) is 15.8. The molecule has 1 atom stereocenters. The molecule has 0 spiro atoms. The Balaban J connectivity index is 0. The van der Waals surface area contributed by atoms with Gasteiger partial charge in [-0.25, -0.2) is 4.72 Å². The number of hydrogen-bond acceptors (Lipinski definition) is 2. The first-order valence-corrected chi connectivity index (χ1v) is 5.67. The second-order valence-electron chi connectivity index (χ2n) is 2.90. The third-order valence-corrected chi connectivity index (χ3v) is 2.19. The summed E-state index contributed by atoms with van der Waals surface area (Å²) in [4.78, 5) is 0. The summed E-state index contributed by atoms with van der Waals surface area (Å²) in [5.41, 5.74) is 0. The molecule has 0 amide bonds. The van der Waals surface area contributed by atoms with E-state index in [1.807, 2.05) is 0 Å². The van der Waals surface area contributed by atoms with Crippen molar-refractivity contribution in [3.63, 3.8) is 0 Å². The fourth-order valence-electron chi connectivity index (χ4n) is 1.06. The van der Waals surface area contributed by atoms with Crippen LogP contribution in [0.2, 0.25) is 0 Å². The maximum Gasteiger partial charge on any atom is 0.0181 e. The zero-order chi connectivity index (χ0) is 9.23. The summed E-state index contributed by atoms with van der Waals surface area (Å²) in [5.74, 6) is 0. The second kappa shape index (κ2) is 13.1. The van der Waals surface area contributed by atoms with Crippen molar-refractivity contribution in [3.05, 3.63) is 0 Å². The van der Waals surface area contributed by atoms with Gasteiger partial charge in [-0.15, -0.1) is 0 Å². The van der Waals surface area contributed by atoms with Crippen LogP contribution in [-0.2, 0) is 11.3 Å². The molecule has 13 heavy (non-hydrogen) atoms. The van der Waals surface area contributed by atoms with Crippen molar-refractivity contribution in [1.82, 2.24) is 4.72 Å². The molecular formula is C8H18NNaO2S-. The number of rotatable bonds is 8. The van der Waals surface area contributed by atoms with Crippen LogP contribution in [0.5, 0.6) is 0 Å². The number of unbranched alkanes of at least 4 members (excludes halogenated alkanes) is 5. The summed E-state index contributed by atoms with van der Waals surface area (Å²) in [6.07, 6.45) is 7.13. The van der Waals surface area contributed by atoms with E-state index in [1.165, 1.54) is 25.7 Å². The summed E-state index contributed by atoms with van der Waals surface area (Å²) < 4.78 is 22.4. The molecule has 0 bridgehead atoms. The second-order valence-corrected chi connectivity index (χ2v) is 3.65. The molecule has 5 heteroatoms. The first kappa shape index (κ1) is 16.5. The minimum atomic E-state index is -2.07. The molecular weight excluding hydrogens is 197 g/mol. The first-order valence-electron chi connectivity index (χ1n) is 4.60. The van der Waals surface area contributed by atoms with Gasteiger partial charge in [0, 0.05) is 47.4 Å². The predicted octanol–water partition coefficient (Wildman–Crippen LogP) is 1.35. The van der Waals surface area contributed by atoms with E-state index in [0.717, 1.165) is 12.8 Å². The summed E-state index contributed by atoms with van der Waals surface area (Å²) in [5, 5.41) is 0. The zero-order valence-electron chi connectivity index (χ0n) is 8.67. The first-order chi connectivity index (χ1) is 5.77. The molecule has 0 aliphatic rings. The molecule has 0 aliphatic carbocycles. The minimum absolute atomic E-state index is 0. The van der Waals surface area contributed by atoms with Gasteiger partial charge < -0.3 is 4.55 Å². The van der Waals surface area contributed by atoms with Gasteiger partial charge in [0.2, 0.25) is 0 Å². The summed E-state index contributed by atoms with van der Waals surface area (Å²) in [6, 6.07) is 0. The summed E-state index contributed by atoms with van der Waals surface area (Å²) >= 11 is -2.07. The smallest absolute Gasteiger partial charge is 0.0181 e. The van der Waals surface area contributed by atoms with Crippen molar-refractivity contribution >= 4 is 40.8 Å². The third-order valence-electron chi connectivity index (χ3n) is 1.75. The van der Waals surface area contributed by atoms with Crippen LogP contribution in [0.15, 0.2) is 0 Å². The maximum absolute atomic E-state index is 10.0. The van der Waals surface area contributed by atoms with Gasteiger partial charge in [0.1, 0.15) is 0 Å². The van der Waals surface area contributed by atoms with Crippen molar-refractivity contribution in [2.24, 2.45) is 0 Å². The largest absolute Gasteiger partial charge is 0.760 e. The van der Waals surface area contributed by atoms with E-state index in [0.29, 0.717) is 6.54 Å². The van der Waals surface area contributed by atoms with Crippen LogP contribution in [0.3, 0.4) is 0 Å². The van der Waals surface area contributed by atoms with Gasteiger partial charge in [-0.2, -0.15) is 0 Å². The molecule has 0 saturated carbocycles. The Kier molecular flexibility index (Phi) is 16.6. The van der Waals surface area contributed by atoms with Crippen LogP contribution in [-0.4, -0.2) is 44.9 Å². The molecule has 1 radical (unpaired) electrons. The number of hydrogen-bond donors (Lipinski definition) is 1. The molecule has 1 unspecified atom stereocenters. The Morgan fingerprint density at radius 1 is 1.15 bits per heavy atom. The standard InChI is InChI=1S/C8H19NO2S.Na/c1-2-3-4-5-6-7-8-9-12(10)11;/h9H,2-8H2,1H3,(H,10,11);/p-1. The van der Waals surface area contributed by atoms with E-state index in [9.17, 15) is 8.76 Å². The van der Waals surface area contributed by atoms with Gasteiger partial charge in [0.05, 0.1) is 0 Å². The van der Waals surface area contributed by atoms with Crippen molar-refractivity contribution in [1.29, 1.82) is 0 Å². The van der Waals surface area contributed by atoms with Gasteiger partial charge in [-0.1, -0.05) is 39.0 Å². The fourth-order valence-corrected chi connectivity index (χ4v) is 1.37. The van der Waals surface area contributed by atoms with Crippen LogP contribution >= 0.6 is 0 Å². The predicted molar refractivity (Wildman–Crippen MR) is 56.1 cm³/mol. The molecule has 0 heterocycles. The molecule has 0 aromatic rings. The maximum atomic E-state index is 10.0. The van der Waals surface area contributed by atoms with Gasteiger partial charge in [0.25, 0.3) is 0 Å². The monoisotopic (exact) mass is 215 g/mol. The molecule has 0 saturated heterocycles. The van der Waals surface area contributed by atoms with E-state index in [-0.39, 0.29) is 29.6 Å². The van der Waals surface area contributed by atoms with Crippen molar-refractivity contribution in [2.75, 3.05) is 6.54 Å². The quantitative estimate of drug-likeness (QED) is 0.377. The van der Waals surface area contributed by atoms with Crippen LogP contribution < -0.4 is 4.72 Å². The number of nitrogens with one attached hydrogen (secondary N) is 1. The molecule has 1 N–H and O–H groups in total. The Morgan fingerprint density at radius 2 is 1.69 bits per heavy atom. The summed E-state index contributed by atoms with van der Waals surface area (Å²) in [7, 11) is 0. The molecule has 3 nitrogen and oxygen atoms in total. The topological polar surface area (TPSA) is 52.2 Å². The average Bonchev–Trinajstić information content (AvgIpc) is 2.02. The van der Waals surface area contributed by atoms with E-state index >= 15 is 0 Å². The average molecular weight is 215 g/mol. The van der Waals surface area contributed by atoms with Crippen molar-refractivity contribution in [2.45, 2.75) is 45.4 Å². The Hall–Kier alpha value is 1.07. The normalized spacial score (nSPS) is 12.2. The van der Waals surface area contributed by atoms with E-state index < -0.39 is 11.3 Å². The molecule has 0 rings (SSSR count). The molecule has 0 fully saturated rings. The minimum Gasteiger partial charge on any atom is -0.760 e. The zero-order valence-corrected chi connectivity index (χ0v) is 11.5. The van der Waals surface area contributed by atoms with Crippen LogP contribution in [0.4, 0.5) is 0 Å². The molecule has 0 aliphatic heterocycles.